The fourth-order valence-corrected chi connectivity index (χ4v) is 3.91. The lowest BCUT2D eigenvalue weighted by atomic mass is 10.1. The van der Waals surface area contributed by atoms with E-state index in [1.54, 1.807) is 0 Å². The Balaban J connectivity index is 1.63. The van der Waals surface area contributed by atoms with Gasteiger partial charge in [0, 0.05) is 6.20 Å². The van der Waals surface area contributed by atoms with Crippen LogP contribution in [0.25, 0.3) is 11.2 Å². The number of fused-ring (bicyclic) bond motifs is 1. The zero-order valence-corrected chi connectivity index (χ0v) is 16.7. The third kappa shape index (κ3) is 4.75. The summed E-state index contributed by atoms with van der Waals surface area (Å²) in [6, 6.07) is 10.7. The molecule has 3 aromatic heterocycles. The number of H-pyrrole nitrogens is 1. The number of nitrogens with one attached hydrogen (secondary N) is 2. The Morgan fingerprint density at radius 1 is 1.13 bits per heavy atom. The first kappa shape index (κ1) is 20.2. The number of nitrogens with two attached hydrogens (primary N) is 1. The summed E-state index contributed by atoms with van der Waals surface area (Å²) in [5, 5.41) is 11.5. The Morgan fingerprint density at radius 2 is 1.94 bits per heavy atom. The molecule has 31 heavy (non-hydrogen) atoms. The Morgan fingerprint density at radius 3 is 2.71 bits per heavy atom. The van der Waals surface area contributed by atoms with Crippen LogP contribution in [0.4, 0.5) is 11.9 Å². The average Bonchev–Trinajstić information content (AvgIpc) is 3.22. The van der Waals surface area contributed by atoms with Crippen molar-refractivity contribution in [2.45, 2.75) is 16.7 Å². The molecule has 5 N–H and O–H groups in total. The maximum atomic E-state index is 13.1. The number of rotatable bonds is 7. The van der Waals surface area contributed by atoms with E-state index in [9.17, 15) is 9.59 Å². The summed E-state index contributed by atoms with van der Waals surface area (Å²) in [5.74, 6) is -1.69. The molecule has 0 aliphatic carbocycles. The number of carboxylic acids is 1. The second kappa shape index (κ2) is 8.75. The molecule has 0 bridgehead atoms. The van der Waals surface area contributed by atoms with Crippen molar-refractivity contribution in [1.82, 2.24) is 29.9 Å². The van der Waals surface area contributed by atoms with E-state index in [2.05, 4.69) is 35.2 Å². The number of imidazole rings is 1. The minimum atomic E-state index is -1.22. The van der Waals surface area contributed by atoms with Crippen molar-refractivity contribution < 1.29 is 14.7 Å². The number of amides is 1. The SMILES string of the molecule is Nc1nc(S[C@@H](Cc2ccccc2)C(=O)Nc2nccc(C(=O)O)n2)c2[nH]cnc2n1. The molecular weight excluding hydrogens is 420 g/mol. The average molecular weight is 436 g/mol. The molecule has 0 radical (unpaired) electrons. The maximum absolute atomic E-state index is 13.1. The number of anilines is 2. The van der Waals surface area contributed by atoms with Crippen LogP contribution in [0, 0.1) is 0 Å². The molecule has 0 aliphatic heterocycles. The van der Waals surface area contributed by atoms with Crippen LogP contribution in [-0.4, -0.2) is 52.1 Å². The first-order valence-corrected chi connectivity index (χ1v) is 9.92. The number of carboxylic acid groups (broad SMARTS) is 1. The highest BCUT2D eigenvalue weighted by atomic mass is 32.2. The second-order valence-corrected chi connectivity index (χ2v) is 7.54. The molecule has 1 atom stereocenters. The van der Waals surface area contributed by atoms with Crippen LogP contribution in [0.5, 0.6) is 0 Å². The van der Waals surface area contributed by atoms with Crippen LogP contribution in [0.1, 0.15) is 16.1 Å². The highest BCUT2D eigenvalue weighted by Gasteiger charge is 2.24. The van der Waals surface area contributed by atoms with Gasteiger partial charge in [-0.3, -0.25) is 10.1 Å². The number of carbonyl (C=O) groups is 2. The number of hydrogen-bond acceptors (Lipinski definition) is 9. The van der Waals surface area contributed by atoms with E-state index in [4.69, 9.17) is 10.8 Å². The van der Waals surface area contributed by atoms with Crippen molar-refractivity contribution >= 4 is 46.7 Å². The minimum absolute atomic E-state index is 0.0402. The zero-order valence-electron chi connectivity index (χ0n) is 15.9. The Kier molecular flexibility index (Phi) is 5.71. The first-order chi connectivity index (χ1) is 15.0. The van der Waals surface area contributed by atoms with E-state index in [0.717, 1.165) is 5.56 Å². The summed E-state index contributed by atoms with van der Waals surface area (Å²) in [4.78, 5) is 47.4. The summed E-state index contributed by atoms with van der Waals surface area (Å²) >= 11 is 1.18. The van der Waals surface area contributed by atoms with Gasteiger partial charge in [0.05, 0.1) is 11.6 Å². The monoisotopic (exact) mass is 436 g/mol. The number of thioether (sulfide) groups is 1. The molecule has 1 amide bonds. The second-order valence-electron chi connectivity index (χ2n) is 6.34. The van der Waals surface area contributed by atoms with Crippen molar-refractivity contribution in [3.8, 4) is 0 Å². The minimum Gasteiger partial charge on any atom is -0.477 e. The fraction of sp³-hybridized carbons (Fsp3) is 0.105. The number of nitrogens with zero attached hydrogens (tertiary/aromatic N) is 5. The molecule has 4 rings (SSSR count). The van der Waals surface area contributed by atoms with Crippen molar-refractivity contribution in [3.05, 3.63) is 60.2 Å². The molecule has 4 aromatic rings. The van der Waals surface area contributed by atoms with Gasteiger partial charge in [-0.1, -0.05) is 42.1 Å². The van der Waals surface area contributed by atoms with E-state index in [1.807, 2.05) is 30.3 Å². The van der Waals surface area contributed by atoms with Gasteiger partial charge in [-0.15, -0.1) is 0 Å². The largest absolute Gasteiger partial charge is 0.477 e. The van der Waals surface area contributed by atoms with Gasteiger partial charge < -0.3 is 15.8 Å². The van der Waals surface area contributed by atoms with Crippen molar-refractivity contribution in [2.24, 2.45) is 0 Å². The van der Waals surface area contributed by atoms with E-state index in [-0.39, 0.29) is 17.6 Å². The number of aromatic carboxylic acids is 1. The number of carbonyl (C=O) groups excluding carboxylic acids is 1. The third-order valence-corrected chi connectivity index (χ3v) is 5.37. The third-order valence-electron chi connectivity index (χ3n) is 4.19. The van der Waals surface area contributed by atoms with Gasteiger partial charge in [0.2, 0.25) is 17.8 Å². The number of aromatic nitrogens is 6. The van der Waals surface area contributed by atoms with E-state index in [1.165, 1.54) is 30.4 Å². The first-order valence-electron chi connectivity index (χ1n) is 9.04. The zero-order chi connectivity index (χ0) is 21.8. The molecule has 1 aromatic carbocycles. The molecule has 0 spiro atoms. The summed E-state index contributed by atoms with van der Waals surface area (Å²) < 4.78 is 0. The van der Waals surface area contributed by atoms with Crippen LogP contribution in [0.2, 0.25) is 0 Å². The number of nitrogen functional groups attached to an aromatic ring is 1. The van der Waals surface area contributed by atoms with Crippen molar-refractivity contribution in [1.29, 1.82) is 0 Å². The lowest BCUT2D eigenvalue weighted by Crippen LogP contribution is -2.28. The van der Waals surface area contributed by atoms with Gasteiger partial charge in [-0.25, -0.2) is 24.7 Å². The van der Waals surface area contributed by atoms with Gasteiger partial charge in [0.15, 0.2) is 11.3 Å². The fourth-order valence-electron chi connectivity index (χ4n) is 2.79. The smallest absolute Gasteiger partial charge is 0.354 e. The van der Waals surface area contributed by atoms with E-state index >= 15 is 0 Å². The molecule has 3 heterocycles. The highest BCUT2D eigenvalue weighted by molar-refractivity contribution is 8.00. The van der Waals surface area contributed by atoms with Gasteiger partial charge in [0.25, 0.3) is 0 Å². The highest BCUT2D eigenvalue weighted by Crippen LogP contribution is 2.30. The Bertz CT molecular complexity index is 1250. The summed E-state index contributed by atoms with van der Waals surface area (Å²) in [6.45, 7) is 0. The lowest BCUT2D eigenvalue weighted by molar-refractivity contribution is -0.115. The quantitative estimate of drug-likeness (QED) is 0.247. The summed E-state index contributed by atoms with van der Waals surface area (Å²) in [5.41, 5.74) is 7.46. The predicted molar refractivity (Wildman–Crippen MR) is 114 cm³/mol. The van der Waals surface area contributed by atoms with Gasteiger partial charge in [0.1, 0.15) is 10.5 Å². The van der Waals surface area contributed by atoms with Crippen molar-refractivity contribution in [2.75, 3.05) is 11.1 Å². The predicted octanol–water partition coefficient (Wildman–Crippen LogP) is 1.77. The normalized spacial score (nSPS) is 11.9. The summed E-state index contributed by atoms with van der Waals surface area (Å²) in [7, 11) is 0. The Hall–Kier alpha value is -4.06. The van der Waals surface area contributed by atoms with Crippen molar-refractivity contribution in [3.63, 3.8) is 0 Å². The van der Waals surface area contributed by atoms with E-state index in [0.29, 0.717) is 22.6 Å². The topological polar surface area (TPSA) is 173 Å². The molecule has 11 nitrogen and oxygen atoms in total. The van der Waals surface area contributed by atoms with Crippen LogP contribution in [0.15, 0.2) is 53.9 Å². The van der Waals surface area contributed by atoms with Gasteiger partial charge in [-0.2, -0.15) is 4.98 Å². The van der Waals surface area contributed by atoms with Gasteiger partial charge in [-0.05, 0) is 18.1 Å². The molecule has 0 fully saturated rings. The maximum Gasteiger partial charge on any atom is 0.354 e. The molecule has 0 saturated carbocycles. The van der Waals surface area contributed by atoms with Crippen LogP contribution in [0.3, 0.4) is 0 Å². The molecule has 0 aliphatic rings. The van der Waals surface area contributed by atoms with Crippen LogP contribution >= 0.6 is 11.8 Å². The standard InChI is InChI=1S/C19H16N8O3S/c20-18-25-14-13(22-9-23-14)16(27-18)31-12(8-10-4-2-1-3-5-10)15(28)26-19-21-7-6-11(24-19)17(29)30/h1-7,9,12H,8H2,(H,29,30)(H,21,24,26,28)(H3,20,22,23,25,27)/t12-/m0/s1. The molecule has 156 valence electrons. The Labute approximate surface area is 179 Å². The molecule has 0 unspecified atom stereocenters. The number of aromatic amines is 1. The number of hydrogen-bond donors (Lipinski definition) is 4. The van der Waals surface area contributed by atoms with Crippen LogP contribution in [-0.2, 0) is 11.2 Å². The summed E-state index contributed by atoms with van der Waals surface area (Å²) in [6.07, 6.45) is 3.11. The number of benzene rings is 1. The van der Waals surface area contributed by atoms with Gasteiger partial charge >= 0.3 is 5.97 Å². The molecule has 0 saturated heterocycles. The molecule has 12 heteroatoms. The van der Waals surface area contributed by atoms with Crippen LogP contribution < -0.4 is 11.1 Å². The lowest BCUT2D eigenvalue weighted by Gasteiger charge is -2.16. The van der Waals surface area contributed by atoms with E-state index < -0.39 is 17.1 Å². The molecular formula is C19H16N8O3S.